The minimum absolute atomic E-state index is 0.257. The fraction of sp³-hybridized carbons (Fsp3) is 0.294. The summed E-state index contributed by atoms with van der Waals surface area (Å²) in [6, 6.07) is 8.76. The molecular weight excluding hydrogens is 326 g/mol. The van der Waals surface area contributed by atoms with Gasteiger partial charge in [-0.15, -0.1) is 0 Å². The Hall–Kier alpha value is -2.41. The topological polar surface area (TPSA) is 79.4 Å². The quantitative estimate of drug-likeness (QED) is 0.926. The lowest BCUT2D eigenvalue weighted by molar-refractivity contribution is 0.102. The van der Waals surface area contributed by atoms with Gasteiger partial charge in [0.1, 0.15) is 5.82 Å². The van der Waals surface area contributed by atoms with Crippen molar-refractivity contribution in [2.45, 2.75) is 19.8 Å². The molecule has 0 bridgehead atoms. The summed E-state index contributed by atoms with van der Waals surface area (Å²) < 4.78 is 25.2. The average molecular weight is 345 g/mol. The first-order valence-electron chi connectivity index (χ1n) is 7.69. The second kappa shape index (κ2) is 6.24. The summed E-state index contributed by atoms with van der Waals surface area (Å²) in [5, 5.41) is 2.77. The first-order chi connectivity index (χ1) is 11.3. The summed E-state index contributed by atoms with van der Waals surface area (Å²) in [5.74, 6) is 0.239. The molecule has 2 heterocycles. The number of anilines is 2. The van der Waals surface area contributed by atoms with Crippen LogP contribution >= 0.6 is 0 Å². The molecule has 126 valence electrons. The Morgan fingerprint density at radius 2 is 2.04 bits per heavy atom. The van der Waals surface area contributed by atoms with Gasteiger partial charge in [0.25, 0.3) is 5.91 Å². The highest BCUT2D eigenvalue weighted by molar-refractivity contribution is 7.92. The highest BCUT2D eigenvalue weighted by Crippen LogP contribution is 2.30. The van der Waals surface area contributed by atoms with E-state index in [1.165, 1.54) is 10.6 Å². The fourth-order valence-corrected chi connectivity index (χ4v) is 3.84. The van der Waals surface area contributed by atoms with E-state index in [2.05, 4.69) is 10.3 Å². The average Bonchev–Trinajstić information content (AvgIpc) is 2.53. The third kappa shape index (κ3) is 3.41. The van der Waals surface area contributed by atoms with Gasteiger partial charge in [-0.25, -0.2) is 13.4 Å². The molecule has 1 amide bonds. The zero-order valence-electron chi connectivity index (χ0n) is 13.6. The van der Waals surface area contributed by atoms with Crippen molar-refractivity contribution in [3.8, 4) is 0 Å². The first-order valence-corrected chi connectivity index (χ1v) is 9.54. The van der Waals surface area contributed by atoms with Crippen molar-refractivity contribution in [2.24, 2.45) is 0 Å². The molecular formula is C17H19N3O3S. The van der Waals surface area contributed by atoms with Gasteiger partial charge < -0.3 is 5.32 Å². The predicted octanol–water partition coefficient (Wildman–Crippen LogP) is 2.35. The van der Waals surface area contributed by atoms with Crippen molar-refractivity contribution in [1.82, 2.24) is 4.98 Å². The summed E-state index contributed by atoms with van der Waals surface area (Å²) in [6.07, 6.45) is 4.34. The summed E-state index contributed by atoms with van der Waals surface area (Å²) >= 11 is 0. The van der Waals surface area contributed by atoms with E-state index in [0.717, 1.165) is 24.0 Å². The molecule has 0 unspecified atom stereocenters. The molecule has 1 N–H and O–H groups in total. The zero-order valence-corrected chi connectivity index (χ0v) is 14.4. The Kier molecular flexibility index (Phi) is 4.28. The zero-order chi connectivity index (χ0) is 17.3. The van der Waals surface area contributed by atoms with Crippen LogP contribution in [0.4, 0.5) is 11.5 Å². The van der Waals surface area contributed by atoms with Crippen LogP contribution < -0.4 is 9.62 Å². The lowest BCUT2D eigenvalue weighted by Crippen LogP contribution is -2.34. The van der Waals surface area contributed by atoms with E-state index in [4.69, 9.17) is 0 Å². The van der Waals surface area contributed by atoms with Gasteiger partial charge >= 0.3 is 0 Å². The number of carbonyl (C=O) groups excluding carboxylic acids is 1. The van der Waals surface area contributed by atoms with E-state index in [9.17, 15) is 13.2 Å². The second-order valence-electron chi connectivity index (χ2n) is 5.95. The van der Waals surface area contributed by atoms with E-state index in [-0.39, 0.29) is 5.91 Å². The summed E-state index contributed by atoms with van der Waals surface area (Å²) in [4.78, 5) is 16.5. The number of aryl methyl sites for hydroxylation is 2. The number of benzene rings is 1. The monoisotopic (exact) mass is 345 g/mol. The van der Waals surface area contributed by atoms with Crippen molar-refractivity contribution >= 4 is 27.4 Å². The Bertz CT molecular complexity index is 894. The summed E-state index contributed by atoms with van der Waals surface area (Å²) in [7, 11) is -3.30. The smallest absolute Gasteiger partial charge is 0.256 e. The molecule has 6 nitrogen and oxygen atoms in total. The van der Waals surface area contributed by atoms with Gasteiger partial charge in [0, 0.05) is 18.3 Å². The normalized spacial score (nSPS) is 14.2. The third-order valence-electron chi connectivity index (χ3n) is 3.98. The number of aromatic nitrogens is 1. The molecule has 0 spiro atoms. The van der Waals surface area contributed by atoms with E-state index in [1.54, 1.807) is 30.5 Å². The highest BCUT2D eigenvalue weighted by atomic mass is 32.2. The lowest BCUT2D eigenvalue weighted by atomic mass is 10.0. The van der Waals surface area contributed by atoms with Crippen LogP contribution in [0.3, 0.4) is 0 Å². The van der Waals surface area contributed by atoms with Crippen LogP contribution in [-0.4, -0.2) is 32.1 Å². The molecule has 0 aliphatic carbocycles. The molecule has 0 saturated heterocycles. The summed E-state index contributed by atoms with van der Waals surface area (Å²) in [6.45, 7) is 2.40. The molecule has 0 atom stereocenters. The van der Waals surface area contributed by atoms with Crippen molar-refractivity contribution in [3.63, 3.8) is 0 Å². The molecule has 0 radical (unpaired) electrons. The van der Waals surface area contributed by atoms with Gasteiger partial charge in [0.2, 0.25) is 10.0 Å². The maximum absolute atomic E-state index is 12.4. The molecule has 0 fully saturated rings. The van der Waals surface area contributed by atoms with Gasteiger partial charge in [-0.2, -0.15) is 0 Å². The number of hydrogen-bond acceptors (Lipinski definition) is 4. The minimum Gasteiger partial charge on any atom is -0.307 e. The first kappa shape index (κ1) is 16.4. The number of amides is 1. The second-order valence-corrected chi connectivity index (χ2v) is 7.86. The molecule has 1 aromatic carbocycles. The molecule has 1 aromatic heterocycles. The Labute approximate surface area is 141 Å². The molecule has 24 heavy (non-hydrogen) atoms. The van der Waals surface area contributed by atoms with Gasteiger partial charge in [-0.3, -0.25) is 9.10 Å². The number of pyridine rings is 1. The van der Waals surface area contributed by atoms with Crippen LogP contribution in [0.1, 0.15) is 27.9 Å². The van der Waals surface area contributed by atoms with Crippen LogP contribution in [0, 0.1) is 6.92 Å². The number of carbonyl (C=O) groups is 1. The number of sulfonamides is 1. The molecule has 3 rings (SSSR count). The number of hydrogen-bond donors (Lipinski definition) is 1. The van der Waals surface area contributed by atoms with Crippen molar-refractivity contribution in [2.75, 3.05) is 22.4 Å². The van der Waals surface area contributed by atoms with Crippen LogP contribution in [0.15, 0.2) is 36.5 Å². The fourth-order valence-electron chi connectivity index (χ4n) is 2.84. The van der Waals surface area contributed by atoms with Gasteiger partial charge in [0.15, 0.2) is 0 Å². The van der Waals surface area contributed by atoms with Gasteiger partial charge in [-0.1, -0.05) is 0 Å². The number of rotatable bonds is 3. The highest BCUT2D eigenvalue weighted by Gasteiger charge is 2.24. The molecule has 1 aliphatic heterocycles. The number of nitrogens with one attached hydrogen (secondary N) is 1. The Morgan fingerprint density at radius 3 is 2.75 bits per heavy atom. The van der Waals surface area contributed by atoms with Crippen LogP contribution in [0.25, 0.3) is 0 Å². The molecule has 2 aromatic rings. The molecule has 0 saturated carbocycles. The molecule has 7 heteroatoms. The van der Waals surface area contributed by atoms with Gasteiger partial charge in [0.05, 0.1) is 11.9 Å². The molecule has 1 aliphatic rings. The predicted molar refractivity (Wildman–Crippen MR) is 93.9 cm³/mol. The third-order valence-corrected chi connectivity index (χ3v) is 5.15. The van der Waals surface area contributed by atoms with Crippen LogP contribution in [0.2, 0.25) is 0 Å². The lowest BCUT2D eigenvalue weighted by Gasteiger charge is -2.29. The van der Waals surface area contributed by atoms with E-state index in [0.29, 0.717) is 23.6 Å². The maximum atomic E-state index is 12.4. The van der Waals surface area contributed by atoms with Crippen molar-refractivity contribution < 1.29 is 13.2 Å². The Morgan fingerprint density at radius 1 is 1.25 bits per heavy atom. The van der Waals surface area contributed by atoms with Crippen LogP contribution in [0.5, 0.6) is 0 Å². The van der Waals surface area contributed by atoms with Gasteiger partial charge in [-0.05, 0) is 61.2 Å². The Balaban J connectivity index is 1.87. The largest absolute Gasteiger partial charge is 0.307 e. The summed E-state index contributed by atoms with van der Waals surface area (Å²) in [5.41, 5.74) is 3.03. The van der Waals surface area contributed by atoms with E-state index in [1.807, 2.05) is 13.0 Å². The standard InChI is InChI=1S/C17H19N3O3S/c1-12-7-8-18-16(10-12)19-17(21)14-5-6-15-13(11-14)4-3-9-20(15)24(2,22)23/h5-8,10-11H,3-4,9H2,1-2H3,(H,18,19,21). The minimum atomic E-state index is -3.30. The van der Waals surface area contributed by atoms with E-state index < -0.39 is 10.0 Å². The van der Waals surface area contributed by atoms with Crippen molar-refractivity contribution in [3.05, 3.63) is 53.2 Å². The number of fused-ring (bicyclic) bond motifs is 1. The van der Waals surface area contributed by atoms with E-state index >= 15 is 0 Å². The maximum Gasteiger partial charge on any atom is 0.256 e. The van der Waals surface area contributed by atoms with Crippen molar-refractivity contribution in [1.29, 1.82) is 0 Å². The van der Waals surface area contributed by atoms with Crippen LogP contribution in [-0.2, 0) is 16.4 Å². The SMILES string of the molecule is Cc1ccnc(NC(=O)c2ccc3c(c2)CCCN3S(C)(=O)=O)c1. The number of nitrogens with zero attached hydrogens (tertiary/aromatic N) is 2.